The van der Waals surface area contributed by atoms with Crippen LogP contribution in [0.5, 0.6) is 5.88 Å². The van der Waals surface area contributed by atoms with Gasteiger partial charge in [0.15, 0.2) is 5.88 Å². The fourth-order valence-corrected chi connectivity index (χ4v) is 2.17. The molecule has 8 heteroatoms. The van der Waals surface area contributed by atoms with Gasteiger partial charge in [-0.2, -0.15) is 0 Å². The zero-order valence-corrected chi connectivity index (χ0v) is 10.7. The van der Waals surface area contributed by atoms with Crippen LogP contribution in [0.4, 0.5) is 0 Å². The van der Waals surface area contributed by atoms with Gasteiger partial charge in [-0.05, 0) is 0 Å². The van der Waals surface area contributed by atoms with E-state index in [1.807, 2.05) is 0 Å². The molecule has 2 atom stereocenters. The lowest BCUT2D eigenvalue weighted by molar-refractivity contribution is -0.142. The second-order valence-electron chi connectivity index (χ2n) is 4.58. The van der Waals surface area contributed by atoms with Gasteiger partial charge in [-0.1, -0.05) is 0 Å². The number of hydrogen-bond donors (Lipinski definition) is 3. The highest BCUT2D eigenvalue weighted by Gasteiger charge is 2.38. The fourth-order valence-electron chi connectivity index (χ4n) is 2.17. The Morgan fingerprint density at radius 3 is 2.70 bits per heavy atom. The molecule has 0 spiro atoms. The maximum absolute atomic E-state index is 12.2. The van der Waals surface area contributed by atoms with Crippen LogP contribution in [0.1, 0.15) is 10.4 Å². The predicted octanol–water partition coefficient (Wildman–Crippen LogP) is -0.748. The third kappa shape index (κ3) is 2.64. The van der Waals surface area contributed by atoms with Crippen LogP contribution in [0.25, 0.3) is 0 Å². The van der Waals surface area contributed by atoms with Crippen molar-refractivity contribution in [2.75, 3.05) is 20.3 Å². The molecule has 1 saturated heterocycles. The number of rotatable bonds is 3. The molecule has 1 amide bonds. The number of aliphatic carboxylic acids is 1. The number of carbonyl (C=O) groups is 2. The second kappa shape index (κ2) is 5.33. The van der Waals surface area contributed by atoms with Crippen LogP contribution >= 0.6 is 0 Å². The fraction of sp³-hybridized carbons (Fsp3) is 0.417. The Balaban J connectivity index is 2.24. The molecule has 1 fully saturated rings. The maximum atomic E-state index is 12.2. The number of hydrogen-bond acceptors (Lipinski definition) is 5. The van der Waals surface area contributed by atoms with Gasteiger partial charge in [0.2, 0.25) is 0 Å². The standard InChI is InChI=1S/C12H14N2O6/c1-14(8-5-20-4-7(8)12(18)19)11(17)6-2-9(15)13-10(16)3-6/h2-3,7-8H,4-5H2,1H3,(H,18,19)(H2,13,15,16). The lowest BCUT2D eigenvalue weighted by Crippen LogP contribution is -2.44. The highest BCUT2D eigenvalue weighted by Crippen LogP contribution is 2.21. The second-order valence-corrected chi connectivity index (χ2v) is 4.58. The number of likely N-dealkylation sites (N-methyl/N-ethyl adjacent to an activating group) is 1. The first-order valence-electron chi connectivity index (χ1n) is 5.91. The Bertz CT molecular complexity index is 596. The molecule has 0 aromatic carbocycles. The van der Waals surface area contributed by atoms with E-state index in [4.69, 9.17) is 9.84 Å². The quantitative estimate of drug-likeness (QED) is 0.671. The average Bonchev–Trinajstić information content (AvgIpc) is 2.85. The van der Waals surface area contributed by atoms with Gasteiger partial charge in [-0.3, -0.25) is 19.4 Å². The summed E-state index contributed by atoms with van der Waals surface area (Å²) in [5, 5.41) is 18.3. The Kier molecular flexibility index (Phi) is 3.75. The highest BCUT2D eigenvalue weighted by molar-refractivity contribution is 5.94. The molecule has 20 heavy (non-hydrogen) atoms. The largest absolute Gasteiger partial charge is 0.494 e. The van der Waals surface area contributed by atoms with Crippen molar-refractivity contribution in [2.45, 2.75) is 6.04 Å². The first-order chi connectivity index (χ1) is 9.40. The average molecular weight is 282 g/mol. The number of aromatic hydroxyl groups is 1. The van der Waals surface area contributed by atoms with Gasteiger partial charge in [0.05, 0.1) is 24.8 Å². The van der Waals surface area contributed by atoms with E-state index in [-0.39, 0.29) is 18.8 Å². The summed E-state index contributed by atoms with van der Waals surface area (Å²) in [6, 6.07) is 1.55. The van der Waals surface area contributed by atoms with Gasteiger partial charge in [0, 0.05) is 19.2 Å². The summed E-state index contributed by atoms with van der Waals surface area (Å²) in [7, 11) is 1.44. The summed E-state index contributed by atoms with van der Waals surface area (Å²) in [5.74, 6) is -2.82. The number of amides is 1. The van der Waals surface area contributed by atoms with Crippen LogP contribution in [0.3, 0.4) is 0 Å². The molecule has 3 N–H and O–H groups in total. The van der Waals surface area contributed by atoms with Gasteiger partial charge in [-0.15, -0.1) is 0 Å². The first-order valence-corrected chi connectivity index (χ1v) is 5.91. The van der Waals surface area contributed by atoms with Crippen molar-refractivity contribution in [3.63, 3.8) is 0 Å². The summed E-state index contributed by atoms with van der Waals surface area (Å²) in [5.41, 5.74) is -0.621. The maximum Gasteiger partial charge on any atom is 0.311 e. The van der Waals surface area contributed by atoms with Crippen molar-refractivity contribution in [3.05, 3.63) is 28.0 Å². The molecule has 1 aliphatic rings. The molecule has 1 aromatic heterocycles. The molecule has 108 valence electrons. The number of carboxylic acids is 1. The van der Waals surface area contributed by atoms with E-state index in [9.17, 15) is 19.5 Å². The lowest BCUT2D eigenvalue weighted by Gasteiger charge is -2.26. The smallest absolute Gasteiger partial charge is 0.311 e. The molecular formula is C12H14N2O6. The van der Waals surface area contributed by atoms with Crippen molar-refractivity contribution >= 4 is 11.9 Å². The number of aromatic nitrogens is 1. The normalized spacial score (nSPS) is 21.6. The topological polar surface area (TPSA) is 120 Å². The molecule has 0 radical (unpaired) electrons. The van der Waals surface area contributed by atoms with Crippen molar-refractivity contribution in [1.82, 2.24) is 9.88 Å². The van der Waals surface area contributed by atoms with E-state index >= 15 is 0 Å². The SMILES string of the molecule is CN(C(=O)c1cc(O)[nH]c(=O)c1)C1COCC1C(=O)O. The van der Waals surface area contributed by atoms with Gasteiger partial charge >= 0.3 is 5.97 Å². The minimum absolute atomic E-state index is 0.00945. The zero-order chi connectivity index (χ0) is 14.9. The van der Waals surface area contributed by atoms with Gasteiger partial charge in [-0.25, -0.2) is 0 Å². The molecule has 8 nitrogen and oxygen atoms in total. The summed E-state index contributed by atoms with van der Waals surface area (Å²) in [4.78, 5) is 37.8. The molecule has 2 heterocycles. The number of pyridine rings is 1. The summed E-state index contributed by atoms with van der Waals surface area (Å²) < 4.78 is 5.09. The van der Waals surface area contributed by atoms with Crippen LogP contribution in [-0.4, -0.2) is 58.3 Å². The summed E-state index contributed by atoms with van der Waals surface area (Å²) in [6.07, 6.45) is 0. The van der Waals surface area contributed by atoms with Crippen molar-refractivity contribution < 1.29 is 24.5 Å². The molecule has 2 unspecified atom stereocenters. The van der Waals surface area contributed by atoms with Crippen LogP contribution in [0.2, 0.25) is 0 Å². The van der Waals surface area contributed by atoms with Crippen LogP contribution < -0.4 is 5.56 Å². The van der Waals surface area contributed by atoms with Crippen LogP contribution in [0, 0.1) is 5.92 Å². The van der Waals surface area contributed by atoms with Crippen LogP contribution in [-0.2, 0) is 9.53 Å². The lowest BCUT2D eigenvalue weighted by atomic mass is 10.0. The van der Waals surface area contributed by atoms with E-state index in [2.05, 4.69) is 4.98 Å². The monoisotopic (exact) mass is 282 g/mol. The van der Waals surface area contributed by atoms with E-state index in [0.29, 0.717) is 0 Å². The molecule has 1 aromatic rings. The molecular weight excluding hydrogens is 268 g/mol. The number of nitrogens with one attached hydrogen (secondary N) is 1. The molecule has 2 rings (SSSR count). The highest BCUT2D eigenvalue weighted by atomic mass is 16.5. The van der Waals surface area contributed by atoms with E-state index in [1.54, 1.807) is 0 Å². The van der Waals surface area contributed by atoms with Gasteiger partial charge in [0.1, 0.15) is 5.92 Å². The number of aromatic amines is 1. The number of H-pyrrole nitrogens is 1. The molecule has 0 aliphatic carbocycles. The minimum atomic E-state index is -1.04. The summed E-state index contributed by atoms with van der Waals surface area (Å²) >= 11 is 0. The minimum Gasteiger partial charge on any atom is -0.494 e. The molecule has 0 saturated carbocycles. The molecule has 1 aliphatic heterocycles. The van der Waals surface area contributed by atoms with Crippen molar-refractivity contribution in [2.24, 2.45) is 5.92 Å². The van der Waals surface area contributed by atoms with Crippen molar-refractivity contribution in [3.8, 4) is 5.88 Å². The number of nitrogens with zero attached hydrogens (tertiary/aromatic N) is 1. The Labute approximate surface area is 113 Å². The number of carboxylic acid groups (broad SMARTS) is 1. The summed E-state index contributed by atoms with van der Waals surface area (Å²) in [6.45, 7) is 0.159. The first kappa shape index (κ1) is 14.1. The Morgan fingerprint density at radius 2 is 2.10 bits per heavy atom. The van der Waals surface area contributed by atoms with Crippen molar-refractivity contribution in [1.29, 1.82) is 0 Å². The Morgan fingerprint density at radius 1 is 1.40 bits per heavy atom. The van der Waals surface area contributed by atoms with Gasteiger partial charge < -0.3 is 19.8 Å². The number of ether oxygens (including phenoxy) is 1. The molecule has 0 bridgehead atoms. The van der Waals surface area contributed by atoms with E-state index < -0.39 is 35.3 Å². The van der Waals surface area contributed by atoms with Crippen LogP contribution in [0.15, 0.2) is 16.9 Å². The number of carbonyl (C=O) groups excluding carboxylic acids is 1. The van der Waals surface area contributed by atoms with E-state index in [1.165, 1.54) is 11.9 Å². The third-order valence-electron chi connectivity index (χ3n) is 3.26. The van der Waals surface area contributed by atoms with E-state index in [0.717, 1.165) is 12.1 Å². The third-order valence-corrected chi connectivity index (χ3v) is 3.26. The predicted molar refractivity (Wildman–Crippen MR) is 66.6 cm³/mol. The van der Waals surface area contributed by atoms with Gasteiger partial charge in [0.25, 0.3) is 11.5 Å². The Hall–Kier alpha value is -2.35. The zero-order valence-electron chi connectivity index (χ0n) is 10.7.